The van der Waals surface area contributed by atoms with Crippen LogP contribution >= 0.6 is 0 Å². The van der Waals surface area contributed by atoms with E-state index in [-0.39, 0.29) is 5.60 Å². The summed E-state index contributed by atoms with van der Waals surface area (Å²) in [6.07, 6.45) is 6.38. The number of likely N-dealkylation sites (tertiary alicyclic amines) is 2. The molecule has 0 radical (unpaired) electrons. The molecule has 0 amide bonds. The van der Waals surface area contributed by atoms with Gasteiger partial charge in [0, 0.05) is 25.7 Å². The van der Waals surface area contributed by atoms with Crippen molar-refractivity contribution in [2.24, 2.45) is 0 Å². The monoisotopic (exact) mass is 330 g/mol. The van der Waals surface area contributed by atoms with Gasteiger partial charge >= 0.3 is 0 Å². The summed E-state index contributed by atoms with van der Waals surface area (Å²) in [5, 5.41) is 0. The Hall–Kier alpha value is -1.10. The summed E-state index contributed by atoms with van der Waals surface area (Å²) in [6, 6.07) is 9.15. The quantitative estimate of drug-likeness (QED) is 0.847. The summed E-state index contributed by atoms with van der Waals surface area (Å²) in [6.45, 7) is 6.87. The highest BCUT2D eigenvalue weighted by atomic mass is 16.5. The normalized spacial score (nSPS) is 27.8. The first-order valence-corrected chi connectivity index (χ1v) is 9.50. The molecule has 3 heterocycles. The Kier molecular flexibility index (Phi) is 4.79. The van der Waals surface area contributed by atoms with Crippen molar-refractivity contribution in [3.05, 3.63) is 29.8 Å². The lowest BCUT2D eigenvalue weighted by atomic mass is 9.87. The number of methoxy groups -OCH3 is 1. The van der Waals surface area contributed by atoms with Crippen LogP contribution in [0.2, 0.25) is 0 Å². The minimum absolute atomic E-state index is 0.170. The number of hydrogen-bond donors (Lipinski definition) is 0. The Morgan fingerprint density at radius 1 is 1.08 bits per heavy atom. The Labute approximate surface area is 145 Å². The van der Waals surface area contributed by atoms with Crippen LogP contribution in [-0.2, 0) is 11.3 Å². The molecule has 0 aromatic heterocycles. The summed E-state index contributed by atoms with van der Waals surface area (Å²) in [4.78, 5) is 5.23. The van der Waals surface area contributed by atoms with Gasteiger partial charge in [-0.15, -0.1) is 0 Å². The molecule has 4 heteroatoms. The molecule has 1 aromatic rings. The summed E-state index contributed by atoms with van der Waals surface area (Å²) in [7, 11) is 1.72. The van der Waals surface area contributed by atoms with Crippen molar-refractivity contribution in [1.82, 2.24) is 9.80 Å². The van der Waals surface area contributed by atoms with Crippen LogP contribution in [0.3, 0.4) is 0 Å². The third-order valence-corrected chi connectivity index (χ3v) is 6.18. The molecule has 3 saturated heterocycles. The molecule has 24 heavy (non-hydrogen) atoms. The number of ether oxygens (including phenoxy) is 2. The zero-order valence-electron chi connectivity index (χ0n) is 14.9. The lowest BCUT2D eigenvalue weighted by Gasteiger charge is -2.39. The second-order valence-electron chi connectivity index (χ2n) is 7.72. The van der Waals surface area contributed by atoms with Gasteiger partial charge in [0.15, 0.2) is 0 Å². The maximum absolute atomic E-state index is 6.35. The Bertz CT molecular complexity index is 531. The second kappa shape index (κ2) is 7.03. The SMILES string of the molecule is COc1ccc(CN2CCC3(CC2)C[C@H](N2CCCC2)CO3)cc1. The average Bonchev–Trinajstić information content (AvgIpc) is 3.28. The molecule has 1 spiro atoms. The minimum Gasteiger partial charge on any atom is -0.497 e. The maximum atomic E-state index is 6.35. The predicted octanol–water partition coefficient (Wildman–Crippen LogP) is 2.91. The molecule has 1 aromatic carbocycles. The molecule has 0 saturated carbocycles. The molecule has 3 aliphatic heterocycles. The number of piperidine rings is 1. The maximum Gasteiger partial charge on any atom is 0.118 e. The van der Waals surface area contributed by atoms with E-state index in [0.29, 0.717) is 6.04 Å². The van der Waals surface area contributed by atoms with Crippen molar-refractivity contribution in [2.75, 3.05) is 39.9 Å². The van der Waals surface area contributed by atoms with Crippen LogP contribution in [-0.4, -0.2) is 61.3 Å². The number of rotatable bonds is 4. The van der Waals surface area contributed by atoms with Gasteiger partial charge in [-0.25, -0.2) is 0 Å². The van der Waals surface area contributed by atoms with Crippen molar-refractivity contribution in [3.63, 3.8) is 0 Å². The first kappa shape index (κ1) is 16.4. The first-order chi connectivity index (χ1) is 11.8. The molecular weight excluding hydrogens is 300 g/mol. The van der Waals surface area contributed by atoms with Crippen LogP contribution in [0, 0.1) is 0 Å². The van der Waals surface area contributed by atoms with E-state index in [1.54, 1.807) is 7.11 Å². The summed E-state index contributed by atoms with van der Waals surface area (Å²) >= 11 is 0. The lowest BCUT2D eigenvalue weighted by Crippen LogP contribution is -2.44. The molecule has 4 nitrogen and oxygen atoms in total. The highest BCUT2D eigenvalue weighted by Gasteiger charge is 2.44. The van der Waals surface area contributed by atoms with E-state index in [2.05, 4.69) is 34.1 Å². The Morgan fingerprint density at radius 3 is 2.46 bits per heavy atom. The Balaban J connectivity index is 1.28. The minimum atomic E-state index is 0.170. The molecule has 4 rings (SSSR count). The van der Waals surface area contributed by atoms with E-state index in [0.717, 1.165) is 32.0 Å². The first-order valence-electron chi connectivity index (χ1n) is 9.50. The largest absolute Gasteiger partial charge is 0.497 e. The van der Waals surface area contributed by atoms with Crippen LogP contribution in [0.15, 0.2) is 24.3 Å². The van der Waals surface area contributed by atoms with Gasteiger partial charge in [0.05, 0.1) is 19.3 Å². The third-order valence-electron chi connectivity index (χ3n) is 6.18. The van der Waals surface area contributed by atoms with Gasteiger partial charge in [-0.05, 0) is 62.9 Å². The standard InChI is InChI=1S/C20H30N2O2/c1-23-19-6-4-17(5-7-19)15-21-12-8-20(9-13-21)14-18(16-24-20)22-10-2-3-11-22/h4-7,18H,2-3,8-16H2,1H3/t18-/m0/s1. The van der Waals surface area contributed by atoms with Gasteiger partial charge in [-0.2, -0.15) is 0 Å². The molecule has 0 unspecified atom stereocenters. The van der Waals surface area contributed by atoms with Crippen molar-refractivity contribution >= 4 is 0 Å². The molecule has 132 valence electrons. The van der Waals surface area contributed by atoms with Gasteiger partial charge < -0.3 is 9.47 Å². The van der Waals surface area contributed by atoms with Crippen LogP contribution in [0.4, 0.5) is 0 Å². The molecular formula is C20H30N2O2. The van der Waals surface area contributed by atoms with E-state index < -0.39 is 0 Å². The molecule has 0 bridgehead atoms. The lowest BCUT2D eigenvalue weighted by molar-refractivity contribution is -0.0452. The van der Waals surface area contributed by atoms with E-state index in [9.17, 15) is 0 Å². The van der Waals surface area contributed by atoms with Crippen LogP contribution < -0.4 is 4.74 Å². The second-order valence-corrected chi connectivity index (χ2v) is 7.72. The number of benzene rings is 1. The summed E-state index contributed by atoms with van der Waals surface area (Å²) < 4.78 is 11.6. The fourth-order valence-corrected chi connectivity index (χ4v) is 4.62. The molecule has 0 aliphatic carbocycles. The van der Waals surface area contributed by atoms with Gasteiger partial charge in [-0.3, -0.25) is 9.80 Å². The summed E-state index contributed by atoms with van der Waals surface area (Å²) in [5.74, 6) is 0.934. The zero-order chi connectivity index (χ0) is 16.4. The fourth-order valence-electron chi connectivity index (χ4n) is 4.62. The van der Waals surface area contributed by atoms with E-state index in [1.807, 2.05) is 0 Å². The number of nitrogens with zero attached hydrogens (tertiary/aromatic N) is 2. The highest BCUT2D eigenvalue weighted by molar-refractivity contribution is 5.27. The number of hydrogen-bond acceptors (Lipinski definition) is 4. The molecule has 3 aliphatic rings. The molecule has 0 N–H and O–H groups in total. The molecule has 3 fully saturated rings. The third kappa shape index (κ3) is 3.46. The van der Waals surface area contributed by atoms with Crippen LogP contribution in [0.1, 0.15) is 37.7 Å². The van der Waals surface area contributed by atoms with Crippen molar-refractivity contribution in [1.29, 1.82) is 0 Å². The van der Waals surface area contributed by atoms with E-state index in [4.69, 9.17) is 9.47 Å². The molecule has 1 atom stereocenters. The van der Waals surface area contributed by atoms with Gasteiger partial charge in [0.25, 0.3) is 0 Å². The van der Waals surface area contributed by atoms with Crippen molar-refractivity contribution < 1.29 is 9.47 Å². The van der Waals surface area contributed by atoms with Crippen molar-refractivity contribution in [2.45, 2.75) is 50.3 Å². The van der Waals surface area contributed by atoms with Crippen LogP contribution in [0.5, 0.6) is 5.75 Å². The zero-order valence-corrected chi connectivity index (χ0v) is 14.9. The van der Waals surface area contributed by atoms with E-state index in [1.165, 1.54) is 50.8 Å². The highest BCUT2D eigenvalue weighted by Crippen LogP contribution is 2.38. The topological polar surface area (TPSA) is 24.9 Å². The smallest absolute Gasteiger partial charge is 0.118 e. The van der Waals surface area contributed by atoms with Crippen molar-refractivity contribution in [3.8, 4) is 5.75 Å². The van der Waals surface area contributed by atoms with Gasteiger partial charge in [0.1, 0.15) is 5.75 Å². The van der Waals surface area contributed by atoms with E-state index >= 15 is 0 Å². The van der Waals surface area contributed by atoms with Crippen LogP contribution in [0.25, 0.3) is 0 Å². The summed E-state index contributed by atoms with van der Waals surface area (Å²) in [5.41, 5.74) is 1.54. The predicted molar refractivity (Wildman–Crippen MR) is 95.4 cm³/mol. The average molecular weight is 330 g/mol. The Morgan fingerprint density at radius 2 is 1.79 bits per heavy atom. The van der Waals surface area contributed by atoms with Gasteiger partial charge in [-0.1, -0.05) is 12.1 Å². The fraction of sp³-hybridized carbons (Fsp3) is 0.700. The van der Waals surface area contributed by atoms with Gasteiger partial charge in [0.2, 0.25) is 0 Å².